The van der Waals surface area contributed by atoms with Gasteiger partial charge < -0.3 is 4.57 Å². The summed E-state index contributed by atoms with van der Waals surface area (Å²) >= 11 is 5.82. The van der Waals surface area contributed by atoms with E-state index in [4.69, 9.17) is 11.6 Å². The molecule has 0 spiro atoms. The van der Waals surface area contributed by atoms with Crippen LogP contribution in [0.15, 0.2) is 52.3 Å². The number of rotatable bonds is 6. The highest BCUT2D eigenvalue weighted by molar-refractivity contribution is 7.90. The standard InChI is InChI=1S/C18H20ClN3O4S2/c1-4-22-17-11-15(27(3,23)24)9-10-16(17)20-18(22)12(2)21-28(25,26)14-7-5-13(19)6-8-14/h5-12,21H,4H2,1-3H3/t12-/m1/s1. The van der Waals surface area contributed by atoms with Gasteiger partial charge in [0.15, 0.2) is 9.84 Å². The van der Waals surface area contributed by atoms with Crippen LogP contribution in [0.5, 0.6) is 0 Å². The predicted octanol–water partition coefficient (Wildman–Crippen LogP) is 3.15. The van der Waals surface area contributed by atoms with E-state index in [0.717, 1.165) is 6.26 Å². The first-order valence-electron chi connectivity index (χ1n) is 8.51. The molecular formula is C18H20ClN3O4S2. The number of sulfonamides is 1. The largest absolute Gasteiger partial charge is 0.327 e. The Balaban J connectivity index is 2.01. The zero-order valence-corrected chi connectivity index (χ0v) is 17.9. The second kappa shape index (κ2) is 7.47. The lowest BCUT2D eigenvalue weighted by molar-refractivity contribution is 0.549. The van der Waals surface area contributed by atoms with Crippen LogP contribution >= 0.6 is 11.6 Å². The van der Waals surface area contributed by atoms with E-state index in [2.05, 4.69) is 9.71 Å². The van der Waals surface area contributed by atoms with Gasteiger partial charge in [-0.25, -0.2) is 26.5 Å². The maximum absolute atomic E-state index is 12.7. The maximum atomic E-state index is 12.7. The van der Waals surface area contributed by atoms with E-state index >= 15 is 0 Å². The third kappa shape index (κ3) is 4.07. The molecule has 0 saturated heterocycles. The van der Waals surface area contributed by atoms with Gasteiger partial charge in [-0.3, -0.25) is 0 Å². The molecule has 0 aliphatic heterocycles. The molecule has 3 aromatic rings. The van der Waals surface area contributed by atoms with Crippen molar-refractivity contribution in [3.05, 3.63) is 53.3 Å². The highest BCUT2D eigenvalue weighted by Gasteiger charge is 2.23. The summed E-state index contributed by atoms with van der Waals surface area (Å²) < 4.78 is 53.4. The quantitative estimate of drug-likeness (QED) is 0.633. The van der Waals surface area contributed by atoms with Gasteiger partial charge in [0.2, 0.25) is 10.0 Å². The zero-order chi connectivity index (χ0) is 20.7. The lowest BCUT2D eigenvalue weighted by Crippen LogP contribution is -2.28. The van der Waals surface area contributed by atoms with Crippen molar-refractivity contribution < 1.29 is 16.8 Å². The summed E-state index contributed by atoms with van der Waals surface area (Å²) in [5.41, 5.74) is 1.24. The van der Waals surface area contributed by atoms with E-state index in [-0.39, 0.29) is 9.79 Å². The molecule has 0 fully saturated rings. The van der Waals surface area contributed by atoms with Crippen molar-refractivity contribution in [2.24, 2.45) is 0 Å². The third-order valence-corrected chi connectivity index (χ3v) is 7.26. The number of imidazole rings is 1. The number of hydrogen-bond donors (Lipinski definition) is 1. The molecule has 7 nitrogen and oxygen atoms in total. The molecule has 0 amide bonds. The van der Waals surface area contributed by atoms with E-state index in [1.54, 1.807) is 23.6 Å². The number of hydrogen-bond acceptors (Lipinski definition) is 5. The molecule has 1 heterocycles. The summed E-state index contributed by atoms with van der Waals surface area (Å²) in [6.07, 6.45) is 1.14. The Bertz CT molecular complexity index is 1230. The van der Waals surface area contributed by atoms with E-state index in [1.165, 1.54) is 30.3 Å². The first kappa shape index (κ1) is 20.8. The van der Waals surface area contributed by atoms with Gasteiger partial charge in [0.1, 0.15) is 5.82 Å². The second-order valence-corrected chi connectivity index (χ2v) is 10.6. The van der Waals surface area contributed by atoms with Crippen molar-refractivity contribution in [2.75, 3.05) is 6.26 Å². The Morgan fingerprint density at radius 2 is 1.68 bits per heavy atom. The highest BCUT2D eigenvalue weighted by Crippen LogP contribution is 2.25. The van der Waals surface area contributed by atoms with Crippen molar-refractivity contribution in [2.45, 2.75) is 36.2 Å². The number of nitrogens with one attached hydrogen (secondary N) is 1. The van der Waals surface area contributed by atoms with E-state index < -0.39 is 25.9 Å². The average molecular weight is 442 g/mol. The lowest BCUT2D eigenvalue weighted by Gasteiger charge is -2.15. The van der Waals surface area contributed by atoms with Crippen molar-refractivity contribution in [3.8, 4) is 0 Å². The van der Waals surface area contributed by atoms with Crippen LogP contribution in [0.3, 0.4) is 0 Å². The van der Waals surface area contributed by atoms with Crippen LogP contribution in [0.1, 0.15) is 25.7 Å². The maximum Gasteiger partial charge on any atom is 0.241 e. The van der Waals surface area contributed by atoms with Crippen LogP contribution in [0.4, 0.5) is 0 Å². The first-order chi connectivity index (χ1) is 13.0. The average Bonchev–Trinajstić information content (AvgIpc) is 2.99. The SMILES string of the molecule is CCn1c([C@@H](C)NS(=O)(=O)c2ccc(Cl)cc2)nc2ccc(S(C)(=O)=O)cc21. The molecule has 0 aliphatic carbocycles. The smallest absolute Gasteiger partial charge is 0.241 e. The van der Waals surface area contributed by atoms with Crippen LogP contribution < -0.4 is 4.72 Å². The minimum absolute atomic E-state index is 0.0993. The first-order valence-corrected chi connectivity index (χ1v) is 12.3. The third-order valence-electron chi connectivity index (χ3n) is 4.34. The molecule has 150 valence electrons. The van der Waals surface area contributed by atoms with Crippen molar-refractivity contribution in [1.82, 2.24) is 14.3 Å². The molecule has 3 rings (SSSR count). The molecule has 0 saturated carbocycles. The van der Waals surface area contributed by atoms with E-state index in [0.29, 0.717) is 28.4 Å². The van der Waals surface area contributed by atoms with Crippen LogP contribution in [-0.4, -0.2) is 32.6 Å². The molecule has 0 unspecified atom stereocenters. The lowest BCUT2D eigenvalue weighted by atomic mass is 10.3. The fraction of sp³-hybridized carbons (Fsp3) is 0.278. The monoisotopic (exact) mass is 441 g/mol. The zero-order valence-electron chi connectivity index (χ0n) is 15.5. The summed E-state index contributed by atoms with van der Waals surface area (Å²) in [6.45, 7) is 4.09. The number of halogens is 1. The fourth-order valence-electron chi connectivity index (χ4n) is 2.98. The molecule has 28 heavy (non-hydrogen) atoms. The van der Waals surface area contributed by atoms with Gasteiger partial charge in [-0.2, -0.15) is 0 Å². The van der Waals surface area contributed by atoms with Gasteiger partial charge in [0.05, 0.1) is 26.9 Å². The van der Waals surface area contributed by atoms with Gasteiger partial charge in [-0.15, -0.1) is 0 Å². The molecule has 10 heteroatoms. The number of benzene rings is 2. The normalized spacial score (nSPS) is 13.7. The minimum Gasteiger partial charge on any atom is -0.327 e. The highest BCUT2D eigenvalue weighted by atomic mass is 35.5. The molecular weight excluding hydrogens is 422 g/mol. The van der Waals surface area contributed by atoms with E-state index in [1.807, 2.05) is 6.92 Å². The molecule has 0 radical (unpaired) electrons. The molecule has 2 aromatic carbocycles. The van der Waals surface area contributed by atoms with Gasteiger partial charge in [0.25, 0.3) is 0 Å². The second-order valence-electron chi connectivity index (χ2n) is 6.43. The van der Waals surface area contributed by atoms with Crippen molar-refractivity contribution >= 4 is 42.5 Å². The number of fused-ring (bicyclic) bond motifs is 1. The molecule has 1 atom stereocenters. The summed E-state index contributed by atoms with van der Waals surface area (Å²) in [7, 11) is -7.14. The predicted molar refractivity (Wildman–Crippen MR) is 109 cm³/mol. The molecule has 0 aliphatic rings. The van der Waals surface area contributed by atoms with E-state index in [9.17, 15) is 16.8 Å². The molecule has 1 N–H and O–H groups in total. The number of aromatic nitrogens is 2. The van der Waals surface area contributed by atoms with Gasteiger partial charge in [-0.1, -0.05) is 11.6 Å². The van der Waals surface area contributed by atoms with Crippen LogP contribution in [0, 0.1) is 0 Å². The van der Waals surface area contributed by atoms with Crippen molar-refractivity contribution in [1.29, 1.82) is 0 Å². The Labute approximate surface area is 169 Å². The molecule has 0 bridgehead atoms. The van der Waals surface area contributed by atoms with Crippen LogP contribution in [0.25, 0.3) is 11.0 Å². The van der Waals surface area contributed by atoms with Crippen LogP contribution in [0.2, 0.25) is 5.02 Å². The summed E-state index contributed by atoms with van der Waals surface area (Å²) in [5, 5.41) is 0.446. The Morgan fingerprint density at radius 1 is 1.07 bits per heavy atom. The Hall–Kier alpha value is -1.94. The Kier molecular flexibility index (Phi) is 5.55. The minimum atomic E-state index is -3.78. The van der Waals surface area contributed by atoms with Gasteiger partial charge in [-0.05, 0) is 56.3 Å². The van der Waals surface area contributed by atoms with Gasteiger partial charge in [0, 0.05) is 17.8 Å². The topological polar surface area (TPSA) is 98.1 Å². The number of sulfone groups is 1. The Morgan fingerprint density at radius 3 is 2.25 bits per heavy atom. The number of nitrogens with zero attached hydrogens (tertiary/aromatic N) is 2. The van der Waals surface area contributed by atoms with Crippen LogP contribution in [-0.2, 0) is 26.4 Å². The summed E-state index contributed by atoms with van der Waals surface area (Å²) in [4.78, 5) is 4.81. The van der Waals surface area contributed by atoms with Crippen molar-refractivity contribution in [3.63, 3.8) is 0 Å². The summed E-state index contributed by atoms with van der Waals surface area (Å²) in [6, 6.07) is 9.93. The fourth-order valence-corrected chi connectivity index (χ4v) is 4.95. The number of aryl methyl sites for hydroxylation is 1. The van der Waals surface area contributed by atoms with Gasteiger partial charge >= 0.3 is 0 Å². The molecule has 1 aromatic heterocycles. The summed E-state index contributed by atoms with van der Waals surface area (Å²) in [5.74, 6) is 0.501.